The third-order valence-corrected chi connectivity index (χ3v) is 3.12. The van der Waals surface area contributed by atoms with Gasteiger partial charge in [-0.25, -0.2) is 0 Å². The van der Waals surface area contributed by atoms with Crippen LogP contribution in [0.2, 0.25) is 0 Å². The third-order valence-electron chi connectivity index (χ3n) is 3.12. The molecule has 1 atom stereocenters. The van der Waals surface area contributed by atoms with E-state index in [2.05, 4.69) is 37.9 Å². The van der Waals surface area contributed by atoms with E-state index in [0.29, 0.717) is 30.2 Å². The summed E-state index contributed by atoms with van der Waals surface area (Å²) in [4.78, 5) is 14.2. The van der Waals surface area contributed by atoms with E-state index in [1.807, 2.05) is 0 Å². The topological polar surface area (TPSA) is 32.3 Å². The second-order valence-electron chi connectivity index (χ2n) is 6.08. The van der Waals surface area contributed by atoms with E-state index in [9.17, 15) is 4.79 Å². The molecule has 3 heteroatoms. The summed E-state index contributed by atoms with van der Waals surface area (Å²) in [6, 6.07) is 0.518. The molecule has 1 N–H and O–H groups in total. The van der Waals surface area contributed by atoms with Crippen LogP contribution in [-0.4, -0.2) is 36.5 Å². The molecule has 0 saturated carbocycles. The summed E-state index contributed by atoms with van der Waals surface area (Å²) in [6.45, 7) is 11.5. The van der Waals surface area contributed by atoms with Crippen molar-refractivity contribution in [3.05, 3.63) is 0 Å². The van der Waals surface area contributed by atoms with Gasteiger partial charge in [0.1, 0.15) is 0 Å². The molecule has 1 aliphatic heterocycles. The fraction of sp³-hybridized carbons (Fsp3) is 0.929. The van der Waals surface area contributed by atoms with Crippen molar-refractivity contribution in [3.8, 4) is 0 Å². The first-order valence-electron chi connectivity index (χ1n) is 7.00. The van der Waals surface area contributed by atoms with E-state index >= 15 is 0 Å². The Balaban J connectivity index is 2.49. The average Bonchev–Trinajstić information content (AvgIpc) is 2.67. The van der Waals surface area contributed by atoms with E-state index < -0.39 is 0 Å². The number of amides is 1. The second-order valence-corrected chi connectivity index (χ2v) is 6.08. The Kier molecular flexibility index (Phi) is 5.96. The summed E-state index contributed by atoms with van der Waals surface area (Å²) >= 11 is 0. The van der Waals surface area contributed by atoms with Gasteiger partial charge < -0.3 is 10.2 Å². The molecule has 1 aliphatic rings. The van der Waals surface area contributed by atoms with E-state index in [0.717, 1.165) is 19.6 Å². The normalized spacial score (nSPS) is 20.2. The number of hydrogen-bond donors (Lipinski definition) is 1. The Morgan fingerprint density at radius 2 is 2.00 bits per heavy atom. The van der Waals surface area contributed by atoms with Gasteiger partial charge in [0.2, 0.25) is 5.91 Å². The fourth-order valence-electron chi connectivity index (χ4n) is 2.38. The summed E-state index contributed by atoms with van der Waals surface area (Å²) in [5, 5.41) is 3.47. The SMILES string of the molecule is CC(C)CC(=O)N(CC(C)C)CC1CCCN1. The first-order chi connectivity index (χ1) is 7.99. The third kappa shape index (κ3) is 5.53. The van der Waals surface area contributed by atoms with Crippen molar-refractivity contribution in [1.29, 1.82) is 0 Å². The molecule has 0 bridgehead atoms. The number of carbonyl (C=O) groups is 1. The number of carbonyl (C=O) groups excluding carboxylic acids is 1. The predicted octanol–water partition coefficient (Wildman–Crippen LogP) is 2.27. The first kappa shape index (κ1) is 14.5. The van der Waals surface area contributed by atoms with Gasteiger partial charge in [-0.05, 0) is 31.2 Å². The van der Waals surface area contributed by atoms with Crippen LogP contribution in [0.3, 0.4) is 0 Å². The van der Waals surface area contributed by atoms with Gasteiger partial charge in [0.15, 0.2) is 0 Å². The maximum absolute atomic E-state index is 12.2. The van der Waals surface area contributed by atoms with Crippen LogP contribution in [0.1, 0.15) is 47.0 Å². The summed E-state index contributed by atoms with van der Waals surface area (Å²) in [7, 11) is 0. The van der Waals surface area contributed by atoms with Gasteiger partial charge in [-0.15, -0.1) is 0 Å². The summed E-state index contributed by atoms with van der Waals surface area (Å²) < 4.78 is 0. The first-order valence-corrected chi connectivity index (χ1v) is 7.00. The molecule has 17 heavy (non-hydrogen) atoms. The molecular formula is C14H28N2O. The monoisotopic (exact) mass is 240 g/mol. The van der Waals surface area contributed by atoms with Crippen molar-refractivity contribution in [3.63, 3.8) is 0 Å². The molecule has 0 aromatic carbocycles. The van der Waals surface area contributed by atoms with Crippen molar-refractivity contribution in [1.82, 2.24) is 10.2 Å². The quantitative estimate of drug-likeness (QED) is 0.772. The molecule has 1 saturated heterocycles. The molecule has 3 nitrogen and oxygen atoms in total. The lowest BCUT2D eigenvalue weighted by Gasteiger charge is -2.28. The van der Waals surface area contributed by atoms with Gasteiger partial charge in [0.05, 0.1) is 0 Å². The minimum atomic E-state index is 0.322. The van der Waals surface area contributed by atoms with Crippen LogP contribution in [0.5, 0.6) is 0 Å². The largest absolute Gasteiger partial charge is 0.341 e. The van der Waals surface area contributed by atoms with Gasteiger partial charge >= 0.3 is 0 Å². The summed E-state index contributed by atoms with van der Waals surface area (Å²) in [6.07, 6.45) is 3.14. The predicted molar refractivity (Wildman–Crippen MR) is 71.9 cm³/mol. The van der Waals surface area contributed by atoms with Crippen LogP contribution in [0.4, 0.5) is 0 Å². The van der Waals surface area contributed by atoms with Crippen molar-refractivity contribution >= 4 is 5.91 Å². The van der Waals surface area contributed by atoms with Gasteiger partial charge in [0, 0.05) is 25.6 Å². The number of nitrogens with one attached hydrogen (secondary N) is 1. The molecule has 0 aromatic rings. The zero-order valence-electron chi connectivity index (χ0n) is 11.8. The Morgan fingerprint density at radius 3 is 2.47 bits per heavy atom. The van der Waals surface area contributed by atoms with Crippen LogP contribution >= 0.6 is 0 Å². The van der Waals surface area contributed by atoms with Crippen LogP contribution in [0, 0.1) is 11.8 Å². The van der Waals surface area contributed by atoms with Gasteiger partial charge in [-0.1, -0.05) is 27.7 Å². The maximum atomic E-state index is 12.2. The Labute approximate surface area is 106 Å². The van der Waals surface area contributed by atoms with E-state index in [4.69, 9.17) is 0 Å². The van der Waals surface area contributed by atoms with E-state index in [1.54, 1.807) is 0 Å². The van der Waals surface area contributed by atoms with Gasteiger partial charge in [0.25, 0.3) is 0 Å². The molecule has 1 amide bonds. The molecule has 0 spiro atoms. The second kappa shape index (κ2) is 7.00. The standard InChI is InChI=1S/C14H28N2O/c1-11(2)8-14(17)16(9-12(3)4)10-13-6-5-7-15-13/h11-13,15H,5-10H2,1-4H3. The lowest BCUT2D eigenvalue weighted by atomic mass is 10.1. The molecule has 0 radical (unpaired) electrons. The van der Waals surface area contributed by atoms with Crippen LogP contribution in [0.15, 0.2) is 0 Å². The number of rotatable bonds is 6. The molecule has 0 aliphatic carbocycles. The maximum Gasteiger partial charge on any atom is 0.222 e. The van der Waals surface area contributed by atoms with Gasteiger partial charge in [-0.3, -0.25) is 4.79 Å². The van der Waals surface area contributed by atoms with Gasteiger partial charge in [-0.2, -0.15) is 0 Å². The lowest BCUT2D eigenvalue weighted by Crippen LogP contribution is -2.43. The Morgan fingerprint density at radius 1 is 1.29 bits per heavy atom. The van der Waals surface area contributed by atoms with Crippen molar-refractivity contribution < 1.29 is 4.79 Å². The smallest absolute Gasteiger partial charge is 0.222 e. The molecule has 1 rings (SSSR count). The highest BCUT2D eigenvalue weighted by atomic mass is 16.2. The van der Waals surface area contributed by atoms with E-state index in [1.165, 1.54) is 12.8 Å². The fourth-order valence-corrected chi connectivity index (χ4v) is 2.38. The molecule has 100 valence electrons. The molecule has 1 heterocycles. The highest BCUT2D eigenvalue weighted by Gasteiger charge is 2.22. The van der Waals surface area contributed by atoms with Crippen LogP contribution < -0.4 is 5.32 Å². The highest BCUT2D eigenvalue weighted by Crippen LogP contribution is 2.12. The zero-order valence-corrected chi connectivity index (χ0v) is 11.8. The highest BCUT2D eigenvalue weighted by molar-refractivity contribution is 5.76. The Hall–Kier alpha value is -0.570. The minimum absolute atomic E-state index is 0.322. The van der Waals surface area contributed by atoms with Crippen molar-refractivity contribution in [2.75, 3.05) is 19.6 Å². The Bertz CT molecular complexity index is 232. The van der Waals surface area contributed by atoms with Crippen LogP contribution in [0.25, 0.3) is 0 Å². The zero-order chi connectivity index (χ0) is 12.8. The molecule has 1 unspecified atom stereocenters. The lowest BCUT2D eigenvalue weighted by molar-refractivity contribution is -0.132. The van der Waals surface area contributed by atoms with Crippen LogP contribution in [-0.2, 0) is 4.79 Å². The molecular weight excluding hydrogens is 212 g/mol. The summed E-state index contributed by atoms with van der Waals surface area (Å²) in [5.74, 6) is 1.32. The average molecular weight is 240 g/mol. The van der Waals surface area contributed by atoms with Crippen molar-refractivity contribution in [2.45, 2.75) is 53.0 Å². The summed E-state index contributed by atoms with van der Waals surface area (Å²) in [5.41, 5.74) is 0. The number of nitrogens with zero attached hydrogens (tertiary/aromatic N) is 1. The minimum Gasteiger partial charge on any atom is -0.341 e. The molecule has 0 aromatic heterocycles. The molecule has 1 fully saturated rings. The van der Waals surface area contributed by atoms with E-state index in [-0.39, 0.29) is 0 Å². The van der Waals surface area contributed by atoms with Crippen molar-refractivity contribution in [2.24, 2.45) is 11.8 Å². The number of hydrogen-bond acceptors (Lipinski definition) is 2.